The van der Waals surface area contributed by atoms with Gasteiger partial charge in [0.2, 0.25) is 0 Å². The van der Waals surface area contributed by atoms with Crippen LogP contribution >= 0.6 is 11.8 Å². The van der Waals surface area contributed by atoms with Crippen LogP contribution < -0.4 is 10.2 Å². The lowest BCUT2D eigenvalue weighted by molar-refractivity contribution is 0.552. The second kappa shape index (κ2) is 7.32. The van der Waals surface area contributed by atoms with Crippen LogP contribution in [-0.4, -0.2) is 35.1 Å². The van der Waals surface area contributed by atoms with Gasteiger partial charge in [0.25, 0.3) is 0 Å². The van der Waals surface area contributed by atoms with Crippen molar-refractivity contribution in [3.05, 3.63) is 23.9 Å². The summed E-state index contributed by atoms with van der Waals surface area (Å²) >= 11 is 2.06. The highest BCUT2D eigenvalue weighted by molar-refractivity contribution is 8.00. The van der Waals surface area contributed by atoms with Crippen molar-refractivity contribution in [2.75, 3.05) is 23.7 Å². The molecule has 0 aliphatic carbocycles. The average Bonchev–Trinajstić information content (AvgIpc) is 2.42. The molecule has 1 aliphatic heterocycles. The van der Waals surface area contributed by atoms with Crippen LogP contribution in [0.1, 0.15) is 33.3 Å². The molecule has 0 amide bonds. The Kier molecular flexibility index (Phi) is 5.73. The van der Waals surface area contributed by atoms with Gasteiger partial charge in [0.15, 0.2) is 0 Å². The highest BCUT2D eigenvalue weighted by Gasteiger charge is 2.26. The molecule has 2 atom stereocenters. The molecule has 0 aromatic carbocycles. The highest BCUT2D eigenvalue weighted by atomic mass is 32.2. The summed E-state index contributed by atoms with van der Waals surface area (Å²) in [6, 6.07) is 4.91. The van der Waals surface area contributed by atoms with E-state index >= 15 is 0 Å². The van der Waals surface area contributed by atoms with Crippen LogP contribution in [0.5, 0.6) is 0 Å². The third-order valence-corrected chi connectivity index (χ3v) is 5.21. The number of hydrogen-bond acceptors (Lipinski definition) is 4. The fourth-order valence-electron chi connectivity index (χ4n) is 2.49. The summed E-state index contributed by atoms with van der Waals surface area (Å²) < 4.78 is 0. The quantitative estimate of drug-likeness (QED) is 0.902. The molecule has 1 aromatic heterocycles. The van der Waals surface area contributed by atoms with Crippen LogP contribution in [0, 0.1) is 5.92 Å². The van der Waals surface area contributed by atoms with Crippen LogP contribution in [-0.2, 0) is 6.54 Å². The summed E-state index contributed by atoms with van der Waals surface area (Å²) in [5.41, 5.74) is 1.33. The first-order valence-electron chi connectivity index (χ1n) is 7.62. The summed E-state index contributed by atoms with van der Waals surface area (Å²) in [6.07, 6.45) is 1.95. The van der Waals surface area contributed by atoms with E-state index in [9.17, 15) is 0 Å². The maximum absolute atomic E-state index is 4.58. The van der Waals surface area contributed by atoms with Crippen LogP contribution in [0.25, 0.3) is 0 Å². The number of thioether (sulfide) groups is 1. The maximum atomic E-state index is 4.58. The smallest absolute Gasteiger partial charge is 0.129 e. The molecule has 3 nitrogen and oxygen atoms in total. The van der Waals surface area contributed by atoms with Gasteiger partial charge in [0.1, 0.15) is 5.82 Å². The van der Waals surface area contributed by atoms with Crippen molar-refractivity contribution in [3.8, 4) is 0 Å². The van der Waals surface area contributed by atoms with Crippen molar-refractivity contribution in [1.29, 1.82) is 0 Å². The van der Waals surface area contributed by atoms with Gasteiger partial charge in [-0.3, -0.25) is 0 Å². The lowest BCUT2D eigenvalue weighted by atomic mass is 10.1. The lowest BCUT2D eigenvalue weighted by Crippen LogP contribution is -2.45. The Morgan fingerprint density at radius 3 is 3.00 bits per heavy atom. The Balaban J connectivity index is 2.01. The molecule has 4 heteroatoms. The molecule has 0 bridgehead atoms. The number of pyridine rings is 1. The number of anilines is 1. The number of aromatic nitrogens is 1. The van der Waals surface area contributed by atoms with E-state index in [0.29, 0.717) is 17.2 Å². The maximum Gasteiger partial charge on any atom is 0.129 e. The van der Waals surface area contributed by atoms with Gasteiger partial charge in [0.05, 0.1) is 0 Å². The van der Waals surface area contributed by atoms with Crippen molar-refractivity contribution in [2.45, 2.75) is 45.5 Å². The van der Waals surface area contributed by atoms with Crippen molar-refractivity contribution < 1.29 is 0 Å². The Hall–Kier alpha value is -0.740. The predicted molar refractivity (Wildman–Crippen MR) is 89.5 cm³/mol. The Labute approximate surface area is 127 Å². The van der Waals surface area contributed by atoms with Gasteiger partial charge in [-0.05, 0) is 37.1 Å². The summed E-state index contributed by atoms with van der Waals surface area (Å²) in [4.78, 5) is 7.03. The number of rotatable bonds is 5. The second-order valence-electron chi connectivity index (χ2n) is 6.06. The molecule has 1 saturated heterocycles. The van der Waals surface area contributed by atoms with Gasteiger partial charge in [0, 0.05) is 36.3 Å². The van der Waals surface area contributed by atoms with Gasteiger partial charge in [-0.15, -0.1) is 0 Å². The summed E-state index contributed by atoms with van der Waals surface area (Å²) in [7, 11) is 0. The van der Waals surface area contributed by atoms with Crippen LogP contribution in [0.4, 0.5) is 5.82 Å². The summed E-state index contributed by atoms with van der Waals surface area (Å²) in [6.45, 7) is 12.2. The summed E-state index contributed by atoms with van der Waals surface area (Å²) in [5.74, 6) is 3.02. The number of nitrogens with zero attached hydrogens (tertiary/aromatic N) is 2. The SMILES string of the molecule is CC(C)CNCc1ccnc(N2CCSC(C)C2C)c1. The fourth-order valence-corrected chi connectivity index (χ4v) is 3.59. The van der Waals surface area contributed by atoms with E-state index in [1.807, 2.05) is 6.20 Å². The molecule has 0 saturated carbocycles. The third-order valence-electron chi connectivity index (χ3n) is 3.87. The molecule has 0 radical (unpaired) electrons. The van der Waals surface area contributed by atoms with Crippen molar-refractivity contribution in [1.82, 2.24) is 10.3 Å². The third kappa shape index (κ3) is 4.13. The van der Waals surface area contributed by atoms with E-state index in [4.69, 9.17) is 0 Å². The molecule has 0 spiro atoms. The molecule has 20 heavy (non-hydrogen) atoms. The minimum Gasteiger partial charge on any atom is -0.352 e. The highest BCUT2D eigenvalue weighted by Crippen LogP contribution is 2.28. The summed E-state index contributed by atoms with van der Waals surface area (Å²) in [5, 5.41) is 4.18. The van der Waals surface area contributed by atoms with Gasteiger partial charge < -0.3 is 10.2 Å². The first-order valence-corrected chi connectivity index (χ1v) is 8.66. The first-order chi connectivity index (χ1) is 9.58. The van der Waals surface area contributed by atoms with Gasteiger partial charge in [-0.2, -0.15) is 11.8 Å². The largest absolute Gasteiger partial charge is 0.352 e. The molecule has 2 rings (SSSR count). The molecule has 2 heterocycles. The van der Waals surface area contributed by atoms with Gasteiger partial charge in [-0.25, -0.2) is 4.98 Å². The molecule has 1 aromatic rings. The monoisotopic (exact) mass is 293 g/mol. The number of hydrogen-bond donors (Lipinski definition) is 1. The molecule has 1 N–H and O–H groups in total. The van der Waals surface area contributed by atoms with E-state index in [-0.39, 0.29) is 0 Å². The lowest BCUT2D eigenvalue weighted by Gasteiger charge is -2.38. The predicted octanol–water partition coefficient (Wildman–Crippen LogP) is 3.16. The minimum atomic E-state index is 0.556. The Bertz CT molecular complexity index is 422. The van der Waals surface area contributed by atoms with Gasteiger partial charge >= 0.3 is 0 Å². The number of nitrogens with one attached hydrogen (secondary N) is 1. The molecule has 2 unspecified atom stereocenters. The molecule has 112 valence electrons. The van der Waals surface area contributed by atoms with E-state index in [1.165, 1.54) is 11.3 Å². The van der Waals surface area contributed by atoms with Crippen LogP contribution in [0.15, 0.2) is 18.3 Å². The normalized spacial score (nSPS) is 23.4. The molecular formula is C16H27N3S. The fraction of sp³-hybridized carbons (Fsp3) is 0.688. The zero-order chi connectivity index (χ0) is 14.5. The molecular weight excluding hydrogens is 266 g/mol. The van der Waals surface area contributed by atoms with Crippen molar-refractivity contribution in [2.24, 2.45) is 5.92 Å². The van der Waals surface area contributed by atoms with Crippen LogP contribution in [0.2, 0.25) is 0 Å². The van der Waals surface area contributed by atoms with Crippen molar-refractivity contribution >= 4 is 17.6 Å². The minimum absolute atomic E-state index is 0.556. The standard InChI is InChI=1S/C16H27N3S/c1-12(2)10-17-11-15-5-6-18-16(9-15)19-7-8-20-14(4)13(19)3/h5-6,9,12-14,17H,7-8,10-11H2,1-4H3. The zero-order valence-corrected chi connectivity index (χ0v) is 13.9. The topological polar surface area (TPSA) is 28.2 Å². The van der Waals surface area contributed by atoms with E-state index in [2.05, 4.69) is 66.8 Å². The Morgan fingerprint density at radius 1 is 1.45 bits per heavy atom. The van der Waals surface area contributed by atoms with Crippen molar-refractivity contribution in [3.63, 3.8) is 0 Å². The van der Waals surface area contributed by atoms with Crippen LogP contribution in [0.3, 0.4) is 0 Å². The second-order valence-corrected chi connectivity index (χ2v) is 7.54. The van der Waals surface area contributed by atoms with E-state index in [1.54, 1.807) is 0 Å². The zero-order valence-electron chi connectivity index (χ0n) is 13.1. The van der Waals surface area contributed by atoms with E-state index < -0.39 is 0 Å². The van der Waals surface area contributed by atoms with E-state index in [0.717, 1.165) is 25.5 Å². The van der Waals surface area contributed by atoms with Gasteiger partial charge in [-0.1, -0.05) is 20.8 Å². The molecule has 1 aliphatic rings. The first kappa shape index (κ1) is 15.6. The molecule has 1 fully saturated rings. The average molecular weight is 293 g/mol. The Morgan fingerprint density at radius 2 is 2.25 bits per heavy atom.